The van der Waals surface area contributed by atoms with Gasteiger partial charge in [0.1, 0.15) is 5.60 Å². The smallest absolute Gasteiger partial charge is 0.311 e. The summed E-state index contributed by atoms with van der Waals surface area (Å²) in [5, 5.41) is 6.76. The molecule has 0 aromatic rings. The first-order chi connectivity index (χ1) is 8.17. The third kappa shape index (κ3) is 3.95. The average molecular weight is 256 g/mol. The molecule has 1 unspecified atom stereocenters. The van der Waals surface area contributed by atoms with Crippen molar-refractivity contribution in [1.29, 1.82) is 0 Å². The molecule has 1 fully saturated rings. The van der Waals surface area contributed by atoms with Crippen LogP contribution in [0.3, 0.4) is 0 Å². The van der Waals surface area contributed by atoms with Gasteiger partial charge in [0.25, 0.3) is 0 Å². The second-order valence-electron chi connectivity index (χ2n) is 6.68. The monoisotopic (exact) mass is 256 g/mol. The van der Waals surface area contributed by atoms with Gasteiger partial charge >= 0.3 is 5.97 Å². The molecule has 0 radical (unpaired) electrons. The van der Waals surface area contributed by atoms with Gasteiger partial charge in [0, 0.05) is 18.6 Å². The standard InChI is InChI=1S/C14H28N2O2/c1-7-15-8-10-9-16-14(5,6)11(10)12(17)18-13(2,3)4/h10-11,15-16H,7-9H2,1-6H3/t10?,11-/m1/s1. The van der Waals surface area contributed by atoms with E-state index in [0.717, 1.165) is 19.6 Å². The SMILES string of the molecule is CCNCC1CNC(C)(C)[C@H]1C(=O)OC(C)(C)C. The Labute approximate surface area is 111 Å². The Morgan fingerprint density at radius 2 is 2.06 bits per heavy atom. The first-order valence-electron chi connectivity index (χ1n) is 6.86. The topological polar surface area (TPSA) is 50.4 Å². The maximum atomic E-state index is 12.4. The summed E-state index contributed by atoms with van der Waals surface area (Å²) in [7, 11) is 0. The first kappa shape index (κ1) is 15.4. The van der Waals surface area contributed by atoms with Crippen LogP contribution in [0, 0.1) is 11.8 Å². The van der Waals surface area contributed by atoms with Crippen LogP contribution in [-0.4, -0.2) is 36.7 Å². The van der Waals surface area contributed by atoms with E-state index in [1.54, 1.807) is 0 Å². The van der Waals surface area contributed by atoms with E-state index in [9.17, 15) is 4.79 Å². The molecule has 18 heavy (non-hydrogen) atoms. The van der Waals surface area contributed by atoms with Gasteiger partial charge < -0.3 is 15.4 Å². The van der Waals surface area contributed by atoms with Crippen molar-refractivity contribution in [3.05, 3.63) is 0 Å². The van der Waals surface area contributed by atoms with E-state index in [4.69, 9.17) is 4.74 Å². The van der Waals surface area contributed by atoms with Crippen molar-refractivity contribution < 1.29 is 9.53 Å². The molecule has 4 nitrogen and oxygen atoms in total. The molecule has 106 valence electrons. The molecular formula is C14H28N2O2. The fourth-order valence-electron chi connectivity index (χ4n) is 2.58. The molecule has 1 aliphatic rings. The summed E-state index contributed by atoms with van der Waals surface area (Å²) in [6, 6.07) is 0. The minimum Gasteiger partial charge on any atom is -0.460 e. The lowest BCUT2D eigenvalue weighted by Gasteiger charge is -2.31. The van der Waals surface area contributed by atoms with Crippen LogP contribution in [0.25, 0.3) is 0 Å². The number of hydrogen-bond donors (Lipinski definition) is 2. The molecule has 0 spiro atoms. The van der Waals surface area contributed by atoms with Crippen molar-refractivity contribution in [2.24, 2.45) is 11.8 Å². The lowest BCUT2D eigenvalue weighted by molar-refractivity contribution is -0.163. The zero-order valence-corrected chi connectivity index (χ0v) is 12.6. The van der Waals surface area contributed by atoms with Gasteiger partial charge in [-0.25, -0.2) is 0 Å². The summed E-state index contributed by atoms with van der Waals surface area (Å²) in [4.78, 5) is 12.4. The molecule has 4 heteroatoms. The second-order valence-corrected chi connectivity index (χ2v) is 6.68. The predicted molar refractivity (Wildman–Crippen MR) is 73.5 cm³/mol. The quantitative estimate of drug-likeness (QED) is 0.749. The molecule has 0 aromatic heterocycles. The second kappa shape index (κ2) is 5.57. The highest BCUT2D eigenvalue weighted by atomic mass is 16.6. The van der Waals surface area contributed by atoms with E-state index < -0.39 is 5.60 Å². The van der Waals surface area contributed by atoms with Crippen LogP contribution >= 0.6 is 0 Å². The maximum absolute atomic E-state index is 12.4. The van der Waals surface area contributed by atoms with Crippen LogP contribution in [0.15, 0.2) is 0 Å². The van der Waals surface area contributed by atoms with Crippen molar-refractivity contribution in [3.63, 3.8) is 0 Å². The Morgan fingerprint density at radius 1 is 1.44 bits per heavy atom. The summed E-state index contributed by atoms with van der Waals surface area (Å²) >= 11 is 0. The Balaban J connectivity index is 2.75. The van der Waals surface area contributed by atoms with E-state index in [2.05, 4.69) is 31.4 Å². The number of esters is 1. The third-order valence-corrected chi connectivity index (χ3v) is 3.39. The van der Waals surface area contributed by atoms with Gasteiger partial charge in [-0.2, -0.15) is 0 Å². The van der Waals surface area contributed by atoms with Crippen LogP contribution in [0.1, 0.15) is 41.5 Å². The lowest BCUT2D eigenvalue weighted by atomic mass is 9.82. The summed E-state index contributed by atoms with van der Waals surface area (Å²) in [6.07, 6.45) is 0. The molecule has 0 saturated carbocycles. The number of carbonyl (C=O) groups is 1. The third-order valence-electron chi connectivity index (χ3n) is 3.39. The minimum absolute atomic E-state index is 0.0830. The fourth-order valence-corrected chi connectivity index (χ4v) is 2.58. The molecule has 2 atom stereocenters. The fraction of sp³-hybridized carbons (Fsp3) is 0.929. The Hall–Kier alpha value is -0.610. The molecule has 2 N–H and O–H groups in total. The number of hydrogen-bond acceptors (Lipinski definition) is 4. The van der Waals surface area contributed by atoms with Gasteiger partial charge in [-0.1, -0.05) is 6.92 Å². The van der Waals surface area contributed by atoms with Gasteiger partial charge in [-0.15, -0.1) is 0 Å². The van der Waals surface area contributed by atoms with Crippen LogP contribution in [-0.2, 0) is 9.53 Å². The molecule has 0 aromatic carbocycles. The van der Waals surface area contributed by atoms with Crippen LogP contribution in [0.2, 0.25) is 0 Å². The zero-order chi connectivity index (χ0) is 14.0. The molecule has 0 bridgehead atoms. The molecule has 1 rings (SSSR count). The Morgan fingerprint density at radius 3 is 2.56 bits per heavy atom. The summed E-state index contributed by atoms with van der Waals surface area (Å²) < 4.78 is 5.56. The van der Waals surface area contributed by atoms with Gasteiger partial charge in [-0.3, -0.25) is 4.79 Å². The van der Waals surface area contributed by atoms with E-state index in [1.165, 1.54) is 0 Å². The summed E-state index contributed by atoms with van der Waals surface area (Å²) in [6.45, 7) is 14.6. The average Bonchev–Trinajstić information content (AvgIpc) is 2.48. The molecule has 0 amide bonds. The molecule has 0 aliphatic carbocycles. The van der Waals surface area contributed by atoms with Gasteiger partial charge in [-0.05, 0) is 47.1 Å². The summed E-state index contributed by atoms with van der Waals surface area (Å²) in [5.41, 5.74) is -0.610. The highest BCUT2D eigenvalue weighted by Gasteiger charge is 2.47. The molecule has 1 heterocycles. The summed E-state index contributed by atoms with van der Waals surface area (Å²) in [5.74, 6) is 0.131. The molecular weight excluding hydrogens is 228 g/mol. The largest absolute Gasteiger partial charge is 0.460 e. The number of carbonyl (C=O) groups excluding carboxylic acids is 1. The van der Waals surface area contributed by atoms with Crippen molar-refractivity contribution >= 4 is 5.97 Å². The number of rotatable bonds is 4. The van der Waals surface area contributed by atoms with Crippen LogP contribution in [0.4, 0.5) is 0 Å². The van der Waals surface area contributed by atoms with Crippen LogP contribution in [0.5, 0.6) is 0 Å². The number of nitrogens with one attached hydrogen (secondary N) is 2. The van der Waals surface area contributed by atoms with E-state index in [-0.39, 0.29) is 17.4 Å². The molecule has 1 saturated heterocycles. The van der Waals surface area contributed by atoms with E-state index >= 15 is 0 Å². The van der Waals surface area contributed by atoms with E-state index in [0.29, 0.717) is 5.92 Å². The molecule has 1 aliphatic heterocycles. The van der Waals surface area contributed by atoms with Gasteiger partial charge in [0.05, 0.1) is 5.92 Å². The minimum atomic E-state index is -0.418. The Bertz CT molecular complexity index is 295. The van der Waals surface area contributed by atoms with Crippen molar-refractivity contribution in [2.75, 3.05) is 19.6 Å². The highest BCUT2D eigenvalue weighted by Crippen LogP contribution is 2.33. The van der Waals surface area contributed by atoms with Crippen molar-refractivity contribution in [1.82, 2.24) is 10.6 Å². The van der Waals surface area contributed by atoms with Crippen molar-refractivity contribution in [3.8, 4) is 0 Å². The van der Waals surface area contributed by atoms with E-state index in [1.807, 2.05) is 20.8 Å². The maximum Gasteiger partial charge on any atom is 0.311 e. The van der Waals surface area contributed by atoms with Crippen molar-refractivity contribution in [2.45, 2.75) is 52.7 Å². The lowest BCUT2D eigenvalue weighted by Crippen LogP contribution is -2.45. The first-order valence-corrected chi connectivity index (χ1v) is 6.86. The highest BCUT2D eigenvalue weighted by molar-refractivity contribution is 5.75. The normalized spacial score (nSPS) is 27.2. The zero-order valence-electron chi connectivity index (χ0n) is 12.6. The van der Waals surface area contributed by atoms with Gasteiger partial charge in [0.2, 0.25) is 0 Å². The number of ether oxygens (including phenoxy) is 1. The van der Waals surface area contributed by atoms with Crippen LogP contribution < -0.4 is 10.6 Å². The Kier molecular flexibility index (Phi) is 4.78. The van der Waals surface area contributed by atoms with Gasteiger partial charge in [0.15, 0.2) is 0 Å². The predicted octanol–water partition coefficient (Wildman–Crippen LogP) is 1.55.